The first-order chi connectivity index (χ1) is 9.58. The molecule has 3 N–H and O–H groups in total. The van der Waals surface area contributed by atoms with Crippen LogP contribution >= 0.6 is 31.9 Å². The first-order valence-corrected chi connectivity index (χ1v) is 7.81. The predicted octanol–water partition coefficient (Wildman–Crippen LogP) is 3.97. The van der Waals surface area contributed by atoms with Crippen molar-refractivity contribution in [2.24, 2.45) is 5.84 Å². The zero-order valence-corrected chi connectivity index (χ0v) is 13.9. The van der Waals surface area contributed by atoms with Gasteiger partial charge in [-0.1, -0.05) is 44.0 Å². The summed E-state index contributed by atoms with van der Waals surface area (Å²) in [7, 11) is 0. The van der Waals surface area contributed by atoms with Crippen molar-refractivity contribution in [1.82, 2.24) is 5.43 Å². The molecule has 0 saturated carbocycles. The highest BCUT2D eigenvalue weighted by Gasteiger charge is 2.12. The van der Waals surface area contributed by atoms with Gasteiger partial charge in [0.2, 0.25) is 0 Å². The Morgan fingerprint density at radius 3 is 2.60 bits per heavy atom. The molecule has 0 amide bonds. The Morgan fingerprint density at radius 2 is 1.90 bits per heavy atom. The van der Waals surface area contributed by atoms with Crippen molar-refractivity contribution >= 4 is 31.9 Å². The monoisotopic (exact) mass is 400 g/mol. The Morgan fingerprint density at radius 1 is 1.10 bits per heavy atom. The fourth-order valence-electron chi connectivity index (χ4n) is 2.10. The molecule has 2 rings (SSSR count). The number of nitrogens with two attached hydrogens (primary N) is 1. The van der Waals surface area contributed by atoms with Gasteiger partial charge in [0.15, 0.2) is 0 Å². The number of halogens is 3. The molecule has 0 aliphatic heterocycles. The lowest BCUT2D eigenvalue weighted by Crippen LogP contribution is -2.38. The van der Waals surface area contributed by atoms with Gasteiger partial charge in [-0.2, -0.15) is 0 Å². The SMILES string of the molecule is NNC(Cc1cccc(Br)c1)Cc1cc(F)ccc1Br. The number of benzene rings is 2. The summed E-state index contributed by atoms with van der Waals surface area (Å²) in [5, 5.41) is 0. The molecule has 2 aromatic carbocycles. The van der Waals surface area contributed by atoms with Crippen LogP contribution in [0.2, 0.25) is 0 Å². The molecule has 0 heterocycles. The minimum absolute atomic E-state index is 0.0439. The van der Waals surface area contributed by atoms with E-state index in [1.807, 2.05) is 12.1 Å². The van der Waals surface area contributed by atoms with Gasteiger partial charge in [-0.15, -0.1) is 0 Å². The van der Waals surface area contributed by atoms with Crippen LogP contribution in [0.15, 0.2) is 51.4 Å². The van der Waals surface area contributed by atoms with Gasteiger partial charge in [0.05, 0.1) is 0 Å². The van der Waals surface area contributed by atoms with Crippen LogP contribution in [-0.2, 0) is 12.8 Å². The third-order valence-electron chi connectivity index (χ3n) is 3.08. The molecule has 0 spiro atoms. The lowest BCUT2D eigenvalue weighted by molar-refractivity contribution is 0.519. The van der Waals surface area contributed by atoms with Crippen LogP contribution in [0.5, 0.6) is 0 Å². The molecule has 0 aliphatic rings. The van der Waals surface area contributed by atoms with Gasteiger partial charge < -0.3 is 0 Å². The highest BCUT2D eigenvalue weighted by molar-refractivity contribution is 9.10. The minimum atomic E-state index is -0.235. The van der Waals surface area contributed by atoms with Gasteiger partial charge in [-0.25, -0.2) is 4.39 Å². The zero-order chi connectivity index (χ0) is 14.5. The summed E-state index contributed by atoms with van der Waals surface area (Å²) in [6.07, 6.45) is 1.43. The molecule has 2 aromatic rings. The molecular formula is C15H15Br2FN2. The summed E-state index contributed by atoms with van der Waals surface area (Å²) in [6.45, 7) is 0. The molecule has 106 valence electrons. The highest BCUT2D eigenvalue weighted by atomic mass is 79.9. The second-order valence-corrected chi connectivity index (χ2v) is 6.41. The largest absolute Gasteiger partial charge is 0.271 e. The van der Waals surface area contributed by atoms with Crippen LogP contribution < -0.4 is 11.3 Å². The van der Waals surface area contributed by atoms with Crippen molar-refractivity contribution in [3.8, 4) is 0 Å². The van der Waals surface area contributed by atoms with Crippen molar-refractivity contribution in [3.05, 3.63) is 68.4 Å². The second-order valence-electron chi connectivity index (χ2n) is 4.64. The smallest absolute Gasteiger partial charge is 0.123 e. The average Bonchev–Trinajstić information content (AvgIpc) is 2.42. The van der Waals surface area contributed by atoms with Crippen molar-refractivity contribution < 1.29 is 4.39 Å². The highest BCUT2D eigenvalue weighted by Crippen LogP contribution is 2.21. The van der Waals surface area contributed by atoms with Gasteiger partial charge >= 0.3 is 0 Å². The summed E-state index contributed by atoms with van der Waals surface area (Å²) < 4.78 is 15.2. The van der Waals surface area contributed by atoms with E-state index in [4.69, 9.17) is 5.84 Å². The number of rotatable bonds is 5. The average molecular weight is 402 g/mol. The van der Waals surface area contributed by atoms with Gasteiger partial charge in [0.25, 0.3) is 0 Å². The van der Waals surface area contributed by atoms with Crippen molar-refractivity contribution in [3.63, 3.8) is 0 Å². The normalized spacial score (nSPS) is 12.4. The van der Waals surface area contributed by atoms with Gasteiger partial charge in [0, 0.05) is 15.0 Å². The summed E-state index contributed by atoms with van der Waals surface area (Å²) in [6, 6.07) is 12.8. The number of hydrazine groups is 1. The Kier molecular flexibility index (Phi) is 5.72. The Bertz CT molecular complexity index is 590. The Labute approximate surface area is 134 Å². The van der Waals surface area contributed by atoms with Gasteiger partial charge in [-0.3, -0.25) is 11.3 Å². The molecule has 1 unspecified atom stereocenters. The summed E-state index contributed by atoms with van der Waals surface area (Å²) in [5.41, 5.74) is 4.89. The number of nitrogens with one attached hydrogen (secondary N) is 1. The first-order valence-electron chi connectivity index (χ1n) is 6.23. The van der Waals surface area contributed by atoms with E-state index >= 15 is 0 Å². The van der Waals surface area contributed by atoms with E-state index in [1.54, 1.807) is 6.07 Å². The molecule has 0 aromatic heterocycles. The van der Waals surface area contributed by atoms with Crippen LogP contribution in [0, 0.1) is 5.82 Å². The molecule has 0 fully saturated rings. The fraction of sp³-hybridized carbons (Fsp3) is 0.200. The third-order valence-corrected chi connectivity index (χ3v) is 4.35. The molecule has 5 heteroatoms. The maximum Gasteiger partial charge on any atom is 0.123 e. The van der Waals surface area contributed by atoms with Gasteiger partial charge in [0.1, 0.15) is 5.82 Å². The molecule has 0 saturated heterocycles. The van der Waals surface area contributed by atoms with E-state index in [0.29, 0.717) is 6.42 Å². The second kappa shape index (κ2) is 7.31. The maximum atomic E-state index is 13.3. The molecule has 20 heavy (non-hydrogen) atoms. The van der Waals surface area contributed by atoms with Crippen LogP contribution in [0.3, 0.4) is 0 Å². The summed E-state index contributed by atoms with van der Waals surface area (Å²) in [5.74, 6) is 5.39. The van der Waals surface area contributed by atoms with E-state index in [9.17, 15) is 4.39 Å². The van der Waals surface area contributed by atoms with E-state index in [-0.39, 0.29) is 11.9 Å². The van der Waals surface area contributed by atoms with Crippen molar-refractivity contribution in [1.29, 1.82) is 0 Å². The first kappa shape index (κ1) is 15.6. The van der Waals surface area contributed by atoms with Gasteiger partial charge in [-0.05, 0) is 54.3 Å². The van der Waals surface area contributed by atoms with E-state index < -0.39 is 0 Å². The minimum Gasteiger partial charge on any atom is -0.271 e. The number of hydrogen-bond acceptors (Lipinski definition) is 2. The summed E-state index contributed by atoms with van der Waals surface area (Å²) in [4.78, 5) is 0. The zero-order valence-electron chi connectivity index (χ0n) is 10.7. The maximum absolute atomic E-state index is 13.3. The van der Waals surface area contributed by atoms with Crippen molar-refractivity contribution in [2.75, 3.05) is 0 Å². The molecule has 0 bridgehead atoms. The van der Waals surface area contributed by atoms with Crippen LogP contribution in [-0.4, -0.2) is 6.04 Å². The molecule has 0 radical (unpaired) electrons. The lowest BCUT2D eigenvalue weighted by atomic mass is 9.99. The van der Waals surface area contributed by atoms with E-state index in [2.05, 4.69) is 49.4 Å². The number of hydrogen-bond donors (Lipinski definition) is 2. The third kappa shape index (κ3) is 4.38. The fourth-order valence-corrected chi connectivity index (χ4v) is 2.96. The topological polar surface area (TPSA) is 38.0 Å². The van der Waals surface area contributed by atoms with Crippen LogP contribution in [0.25, 0.3) is 0 Å². The van der Waals surface area contributed by atoms with Crippen molar-refractivity contribution in [2.45, 2.75) is 18.9 Å². The molecular weight excluding hydrogens is 387 g/mol. The predicted molar refractivity (Wildman–Crippen MR) is 86.8 cm³/mol. The molecule has 0 aliphatic carbocycles. The quantitative estimate of drug-likeness (QED) is 0.587. The molecule has 2 nitrogen and oxygen atoms in total. The Hall–Kier alpha value is -0.750. The molecule has 1 atom stereocenters. The van der Waals surface area contributed by atoms with E-state index in [0.717, 1.165) is 20.9 Å². The summed E-state index contributed by atoms with van der Waals surface area (Å²) >= 11 is 6.90. The lowest BCUT2D eigenvalue weighted by Gasteiger charge is -2.17. The standard InChI is InChI=1S/C15H15Br2FN2/c16-12-3-1-2-10(6-12)7-14(20-19)9-11-8-13(18)4-5-15(11)17/h1-6,8,14,20H,7,9,19H2. The van der Waals surface area contributed by atoms with Crippen LogP contribution in [0.1, 0.15) is 11.1 Å². The van der Waals surface area contributed by atoms with Crippen LogP contribution in [0.4, 0.5) is 4.39 Å². The van der Waals surface area contributed by atoms with E-state index in [1.165, 1.54) is 17.7 Å². The Balaban J connectivity index is 2.11.